The Balaban J connectivity index is 2.36. The molecule has 0 radical (unpaired) electrons. The predicted octanol–water partition coefficient (Wildman–Crippen LogP) is 2.90. The van der Waals surface area contributed by atoms with Crippen LogP contribution in [0, 0.1) is 18.8 Å². The van der Waals surface area contributed by atoms with E-state index in [1.54, 1.807) is 11.8 Å². The molecule has 0 spiro atoms. The van der Waals surface area contributed by atoms with Crippen LogP contribution in [0.2, 0.25) is 0 Å². The number of hydrogen-bond donors (Lipinski definition) is 0. The molecule has 1 nitrogen and oxygen atoms in total. The third-order valence-corrected chi connectivity index (χ3v) is 2.48. The molecule has 68 valence electrons. The van der Waals surface area contributed by atoms with Gasteiger partial charge < -0.3 is 0 Å². The second kappa shape index (κ2) is 5.66. The van der Waals surface area contributed by atoms with Gasteiger partial charge in [-0.25, -0.2) is 4.98 Å². The van der Waals surface area contributed by atoms with Crippen LogP contribution in [-0.2, 0) is 0 Å². The van der Waals surface area contributed by atoms with Gasteiger partial charge in [-0.3, -0.25) is 0 Å². The maximum absolute atomic E-state index is 4.29. The van der Waals surface area contributed by atoms with Crippen molar-refractivity contribution >= 4 is 11.8 Å². The number of hydrogen-bond acceptors (Lipinski definition) is 2. The zero-order valence-electron chi connectivity index (χ0n) is 8.00. The highest BCUT2D eigenvalue weighted by Gasteiger charge is 1.92. The maximum Gasteiger partial charge on any atom is 0.0960 e. The maximum atomic E-state index is 4.29. The first-order chi connectivity index (χ1) is 6.33. The lowest BCUT2D eigenvalue weighted by molar-refractivity contribution is 1.10. The van der Waals surface area contributed by atoms with Crippen LogP contribution in [0.1, 0.15) is 18.9 Å². The van der Waals surface area contributed by atoms with Crippen molar-refractivity contribution in [3.05, 3.63) is 23.9 Å². The third kappa shape index (κ3) is 4.00. The highest BCUT2D eigenvalue weighted by molar-refractivity contribution is 7.99. The van der Waals surface area contributed by atoms with E-state index in [-0.39, 0.29) is 0 Å². The van der Waals surface area contributed by atoms with Gasteiger partial charge in [-0.1, -0.05) is 6.07 Å². The largest absolute Gasteiger partial charge is 0.250 e. The molecule has 0 saturated heterocycles. The Hall–Kier alpha value is -0.940. The summed E-state index contributed by atoms with van der Waals surface area (Å²) in [4.78, 5) is 4.29. The van der Waals surface area contributed by atoms with Crippen LogP contribution in [0.4, 0.5) is 0 Å². The fraction of sp³-hybridized carbons (Fsp3) is 0.364. The molecule has 0 aliphatic heterocycles. The highest BCUT2D eigenvalue weighted by Crippen LogP contribution is 2.15. The van der Waals surface area contributed by atoms with Crippen LogP contribution in [-0.4, -0.2) is 10.7 Å². The Bertz CT molecular complexity index is 305. The van der Waals surface area contributed by atoms with Gasteiger partial charge in [-0.15, -0.1) is 23.6 Å². The van der Waals surface area contributed by atoms with Gasteiger partial charge in [0.2, 0.25) is 0 Å². The summed E-state index contributed by atoms with van der Waals surface area (Å²) in [6.45, 7) is 3.92. The fourth-order valence-corrected chi connectivity index (χ4v) is 1.58. The summed E-state index contributed by atoms with van der Waals surface area (Å²) in [5.41, 5.74) is 1.21. The molecule has 0 atom stereocenters. The first-order valence-corrected chi connectivity index (χ1v) is 5.26. The van der Waals surface area contributed by atoms with E-state index >= 15 is 0 Å². The highest BCUT2D eigenvalue weighted by atomic mass is 32.2. The minimum absolute atomic E-state index is 0.941. The Morgan fingerprint density at radius 2 is 2.31 bits per heavy atom. The predicted molar refractivity (Wildman–Crippen MR) is 57.8 cm³/mol. The van der Waals surface area contributed by atoms with Crippen molar-refractivity contribution in [2.75, 3.05) is 5.75 Å². The van der Waals surface area contributed by atoms with Crippen LogP contribution in [0.25, 0.3) is 0 Å². The van der Waals surface area contributed by atoms with Gasteiger partial charge in [0.05, 0.1) is 5.03 Å². The summed E-state index contributed by atoms with van der Waals surface area (Å²) in [6.07, 6.45) is 2.84. The molecule has 2 heteroatoms. The molecule has 0 amide bonds. The number of rotatable bonds is 3. The molecular weight excluding hydrogens is 178 g/mol. The number of nitrogens with zero attached hydrogens (tertiary/aromatic N) is 1. The molecule has 1 aromatic heterocycles. The molecule has 0 N–H and O–H groups in total. The van der Waals surface area contributed by atoms with Crippen LogP contribution < -0.4 is 0 Å². The summed E-state index contributed by atoms with van der Waals surface area (Å²) in [7, 11) is 0. The monoisotopic (exact) mass is 191 g/mol. The van der Waals surface area contributed by atoms with E-state index in [4.69, 9.17) is 0 Å². The standard InChI is InChI=1S/C11H13NS/c1-3-4-5-8-13-11-7-6-10(2)9-12-11/h6-7,9H,5,8H2,1-2H3. The van der Waals surface area contributed by atoms with Crippen LogP contribution >= 0.6 is 11.8 Å². The van der Waals surface area contributed by atoms with E-state index in [0.29, 0.717) is 0 Å². The van der Waals surface area contributed by atoms with Crippen molar-refractivity contribution in [1.82, 2.24) is 4.98 Å². The van der Waals surface area contributed by atoms with Crippen molar-refractivity contribution in [1.29, 1.82) is 0 Å². The van der Waals surface area contributed by atoms with Crippen LogP contribution in [0.3, 0.4) is 0 Å². The van der Waals surface area contributed by atoms with Gasteiger partial charge >= 0.3 is 0 Å². The molecule has 0 aromatic carbocycles. The summed E-state index contributed by atoms with van der Waals surface area (Å²) in [5, 5.41) is 1.09. The normalized spacial score (nSPS) is 9.08. The van der Waals surface area contributed by atoms with Crippen molar-refractivity contribution in [3.63, 3.8) is 0 Å². The van der Waals surface area contributed by atoms with Gasteiger partial charge in [0.1, 0.15) is 0 Å². The minimum atomic E-state index is 0.941. The number of pyridine rings is 1. The van der Waals surface area contributed by atoms with Crippen molar-refractivity contribution in [3.8, 4) is 11.8 Å². The fourth-order valence-electron chi connectivity index (χ4n) is 0.871. The quantitative estimate of drug-likeness (QED) is 0.414. The van der Waals surface area contributed by atoms with Crippen LogP contribution in [0.5, 0.6) is 0 Å². The summed E-state index contributed by atoms with van der Waals surface area (Å²) in [6, 6.07) is 4.14. The minimum Gasteiger partial charge on any atom is -0.250 e. The van der Waals surface area contributed by atoms with Gasteiger partial charge in [0.25, 0.3) is 0 Å². The molecule has 1 heterocycles. The molecular formula is C11H13NS. The Kier molecular flexibility index (Phi) is 4.42. The number of aryl methyl sites for hydroxylation is 1. The topological polar surface area (TPSA) is 12.9 Å². The SMILES string of the molecule is CC#CCCSc1ccc(C)cn1. The van der Waals surface area contributed by atoms with Gasteiger partial charge in [0, 0.05) is 18.4 Å². The lowest BCUT2D eigenvalue weighted by Gasteiger charge is -1.97. The second-order valence-electron chi connectivity index (χ2n) is 2.70. The molecule has 0 aliphatic rings. The molecule has 13 heavy (non-hydrogen) atoms. The molecule has 0 bridgehead atoms. The lowest BCUT2D eigenvalue weighted by atomic mass is 10.3. The van der Waals surface area contributed by atoms with Gasteiger partial charge in [-0.05, 0) is 25.5 Å². The van der Waals surface area contributed by atoms with Gasteiger partial charge in [-0.2, -0.15) is 0 Å². The average Bonchev–Trinajstić information content (AvgIpc) is 2.15. The Morgan fingerprint density at radius 3 is 2.92 bits per heavy atom. The third-order valence-electron chi connectivity index (χ3n) is 1.54. The molecule has 1 rings (SSSR count). The molecule has 0 aliphatic carbocycles. The molecule has 1 aromatic rings. The lowest BCUT2D eigenvalue weighted by Crippen LogP contribution is -1.82. The van der Waals surface area contributed by atoms with E-state index in [1.165, 1.54) is 5.56 Å². The zero-order valence-corrected chi connectivity index (χ0v) is 8.82. The van der Waals surface area contributed by atoms with Crippen LogP contribution in [0.15, 0.2) is 23.4 Å². The molecule has 0 fully saturated rings. The van der Waals surface area contributed by atoms with E-state index in [1.807, 2.05) is 20.0 Å². The number of aromatic nitrogens is 1. The molecule has 0 saturated carbocycles. The average molecular weight is 191 g/mol. The van der Waals surface area contributed by atoms with Gasteiger partial charge in [0.15, 0.2) is 0 Å². The second-order valence-corrected chi connectivity index (χ2v) is 3.81. The van der Waals surface area contributed by atoms with E-state index in [0.717, 1.165) is 17.2 Å². The van der Waals surface area contributed by atoms with Crippen molar-refractivity contribution in [2.45, 2.75) is 25.3 Å². The first-order valence-electron chi connectivity index (χ1n) is 4.28. The van der Waals surface area contributed by atoms with E-state index in [2.05, 4.69) is 29.0 Å². The van der Waals surface area contributed by atoms with Crippen molar-refractivity contribution < 1.29 is 0 Å². The number of thioether (sulfide) groups is 1. The summed E-state index contributed by atoms with van der Waals surface area (Å²) in [5.74, 6) is 6.94. The van der Waals surface area contributed by atoms with E-state index < -0.39 is 0 Å². The zero-order chi connectivity index (χ0) is 9.52. The Morgan fingerprint density at radius 1 is 1.46 bits per heavy atom. The summed E-state index contributed by atoms with van der Waals surface area (Å²) < 4.78 is 0. The van der Waals surface area contributed by atoms with E-state index in [9.17, 15) is 0 Å². The Labute approximate surface area is 84.0 Å². The first kappa shape index (κ1) is 10.1. The van der Waals surface area contributed by atoms with Crippen molar-refractivity contribution in [2.24, 2.45) is 0 Å². The summed E-state index contributed by atoms with van der Waals surface area (Å²) >= 11 is 1.76. The molecule has 0 unspecified atom stereocenters. The smallest absolute Gasteiger partial charge is 0.0960 e.